The maximum absolute atomic E-state index is 12.5. The van der Waals surface area contributed by atoms with Crippen LogP contribution in [0.15, 0.2) is 42.6 Å². The summed E-state index contributed by atoms with van der Waals surface area (Å²) < 4.78 is 11.0. The standard InChI is InChI=1S/C19H20N2O4/c22-16-9-12-3-1-2-4-15(12)18(16)21-19(23)13-5-6-17(20-10-13)25-14-7-8-24-11-14/h1-6,10,14,16,18,22H,7-9,11H2,(H,21,23). The maximum Gasteiger partial charge on any atom is 0.253 e. The molecule has 0 spiro atoms. The van der Waals surface area contributed by atoms with Crippen molar-refractivity contribution in [1.29, 1.82) is 0 Å². The van der Waals surface area contributed by atoms with Gasteiger partial charge in [0.15, 0.2) is 0 Å². The SMILES string of the molecule is O=C(NC1c2ccccc2CC1O)c1ccc(OC2CCOC2)nc1. The summed E-state index contributed by atoms with van der Waals surface area (Å²) in [4.78, 5) is 16.7. The first-order valence-corrected chi connectivity index (χ1v) is 8.48. The molecule has 0 bridgehead atoms. The number of carbonyl (C=O) groups is 1. The van der Waals surface area contributed by atoms with Crippen LogP contribution in [0.25, 0.3) is 0 Å². The summed E-state index contributed by atoms with van der Waals surface area (Å²) in [6, 6.07) is 10.7. The molecule has 3 unspecified atom stereocenters. The normalized spacial score (nSPS) is 24.8. The van der Waals surface area contributed by atoms with Crippen LogP contribution in [0, 0.1) is 0 Å². The van der Waals surface area contributed by atoms with Gasteiger partial charge in [0.1, 0.15) is 6.10 Å². The molecule has 0 radical (unpaired) electrons. The van der Waals surface area contributed by atoms with Crippen LogP contribution in [-0.4, -0.2) is 41.4 Å². The van der Waals surface area contributed by atoms with Crippen LogP contribution in [0.3, 0.4) is 0 Å². The number of ether oxygens (including phenoxy) is 2. The molecule has 4 rings (SSSR count). The van der Waals surface area contributed by atoms with E-state index in [9.17, 15) is 9.90 Å². The monoisotopic (exact) mass is 340 g/mol. The summed E-state index contributed by atoms with van der Waals surface area (Å²) in [6.45, 7) is 1.28. The minimum Gasteiger partial charge on any atom is -0.472 e. The zero-order chi connectivity index (χ0) is 17.2. The van der Waals surface area contributed by atoms with Gasteiger partial charge in [0, 0.05) is 25.1 Å². The van der Waals surface area contributed by atoms with E-state index < -0.39 is 12.1 Å². The number of carbonyl (C=O) groups excluding carboxylic acids is 1. The Hall–Kier alpha value is -2.44. The van der Waals surface area contributed by atoms with Gasteiger partial charge in [-0.2, -0.15) is 0 Å². The summed E-state index contributed by atoms with van der Waals surface area (Å²) >= 11 is 0. The van der Waals surface area contributed by atoms with E-state index in [0.717, 1.165) is 17.5 Å². The van der Waals surface area contributed by atoms with Gasteiger partial charge in [-0.15, -0.1) is 0 Å². The fourth-order valence-electron chi connectivity index (χ4n) is 3.33. The van der Waals surface area contributed by atoms with Gasteiger partial charge in [-0.1, -0.05) is 24.3 Å². The van der Waals surface area contributed by atoms with Gasteiger partial charge in [0.25, 0.3) is 5.91 Å². The van der Waals surface area contributed by atoms with E-state index in [1.807, 2.05) is 24.3 Å². The van der Waals surface area contributed by atoms with Gasteiger partial charge in [-0.05, 0) is 17.2 Å². The fourth-order valence-corrected chi connectivity index (χ4v) is 3.33. The Bertz CT molecular complexity index is 756. The summed E-state index contributed by atoms with van der Waals surface area (Å²) in [5, 5.41) is 13.2. The highest BCUT2D eigenvalue weighted by atomic mass is 16.5. The van der Waals surface area contributed by atoms with Crippen molar-refractivity contribution in [3.63, 3.8) is 0 Å². The predicted molar refractivity (Wildman–Crippen MR) is 90.4 cm³/mol. The maximum atomic E-state index is 12.5. The lowest BCUT2D eigenvalue weighted by molar-refractivity contribution is 0.0857. The average Bonchev–Trinajstić information content (AvgIpc) is 3.24. The molecule has 25 heavy (non-hydrogen) atoms. The molecule has 2 aliphatic rings. The number of fused-ring (bicyclic) bond motifs is 1. The third kappa shape index (κ3) is 3.36. The van der Waals surface area contributed by atoms with E-state index in [0.29, 0.717) is 31.1 Å². The van der Waals surface area contributed by atoms with Crippen molar-refractivity contribution < 1.29 is 19.4 Å². The van der Waals surface area contributed by atoms with Crippen LogP contribution in [0.2, 0.25) is 0 Å². The van der Waals surface area contributed by atoms with Crippen molar-refractivity contribution >= 4 is 5.91 Å². The Labute approximate surface area is 145 Å². The van der Waals surface area contributed by atoms with Crippen LogP contribution in [-0.2, 0) is 11.2 Å². The molecule has 6 nitrogen and oxygen atoms in total. The number of aliphatic hydroxyl groups excluding tert-OH is 1. The number of hydrogen-bond donors (Lipinski definition) is 2. The van der Waals surface area contributed by atoms with E-state index in [4.69, 9.17) is 9.47 Å². The molecule has 1 fully saturated rings. The molecule has 1 aromatic carbocycles. The average molecular weight is 340 g/mol. The van der Waals surface area contributed by atoms with Crippen LogP contribution < -0.4 is 10.1 Å². The number of nitrogens with one attached hydrogen (secondary N) is 1. The van der Waals surface area contributed by atoms with E-state index in [1.54, 1.807) is 12.1 Å². The van der Waals surface area contributed by atoms with Gasteiger partial charge in [-0.3, -0.25) is 4.79 Å². The minimum absolute atomic E-state index is 0.0253. The molecule has 1 aromatic heterocycles. The highest BCUT2D eigenvalue weighted by molar-refractivity contribution is 5.94. The number of amides is 1. The van der Waals surface area contributed by atoms with Gasteiger partial charge in [0.05, 0.1) is 30.9 Å². The zero-order valence-corrected chi connectivity index (χ0v) is 13.7. The Morgan fingerprint density at radius 1 is 1.28 bits per heavy atom. The molecule has 1 saturated heterocycles. The summed E-state index contributed by atoms with van der Waals surface area (Å²) in [5.74, 6) is 0.224. The van der Waals surface area contributed by atoms with E-state index in [-0.39, 0.29) is 12.0 Å². The summed E-state index contributed by atoms with van der Waals surface area (Å²) in [6.07, 6.45) is 2.31. The second kappa shape index (κ2) is 6.82. The van der Waals surface area contributed by atoms with Gasteiger partial charge < -0.3 is 19.9 Å². The van der Waals surface area contributed by atoms with Crippen molar-refractivity contribution in [2.45, 2.75) is 31.1 Å². The second-order valence-corrected chi connectivity index (χ2v) is 6.41. The Morgan fingerprint density at radius 2 is 2.16 bits per heavy atom. The number of aromatic nitrogens is 1. The molecule has 1 amide bonds. The second-order valence-electron chi connectivity index (χ2n) is 6.41. The Morgan fingerprint density at radius 3 is 2.92 bits per heavy atom. The Kier molecular flexibility index (Phi) is 4.38. The smallest absolute Gasteiger partial charge is 0.253 e. The van der Waals surface area contributed by atoms with Gasteiger partial charge >= 0.3 is 0 Å². The van der Waals surface area contributed by atoms with Crippen molar-refractivity contribution in [2.24, 2.45) is 0 Å². The number of hydrogen-bond acceptors (Lipinski definition) is 5. The highest BCUT2D eigenvalue weighted by Gasteiger charge is 2.32. The van der Waals surface area contributed by atoms with Crippen molar-refractivity contribution in [2.75, 3.05) is 13.2 Å². The van der Waals surface area contributed by atoms with Crippen LogP contribution >= 0.6 is 0 Å². The number of aliphatic hydroxyl groups is 1. The molecular weight excluding hydrogens is 320 g/mol. The summed E-state index contributed by atoms with van der Waals surface area (Å²) in [7, 11) is 0. The zero-order valence-electron chi connectivity index (χ0n) is 13.7. The van der Waals surface area contributed by atoms with Gasteiger partial charge in [0.2, 0.25) is 5.88 Å². The fraction of sp³-hybridized carbons (Fsp3) is 0.368. The predicted octanol–water partition coefficient (Wildman–Crippen LogP) is 1.64. The van der Waals surface area contributed by atoms with Gasteiger partial charge in [-0.25, -0.2) is 4.98 Å². The lowest BCUT2D eigenvalue weighted by atomic mass is 10.1. The molecule has 6 heteroatoms. The molecule has 2 heterocycles. The van der Waals surface area contributed by atoms with E-state index in [2.05, 4.69) is 10.3 Å². The highest BCUT2D eigenvalue weighted by Crippen LogP contribution is 2.31. The van der Waals surface area contributed by atoms with Crippen LogP contribution in [0.4, 0.5) is 0 Å². The molecule has 1 aliphatic heterocycles. The van der Waals surface area contributed by atoms with Crippen LogP contribution in [0.1, 0.15) is 33.9 Å². The number of pyridine rings is 1. The lowest BCUT2D eigenvalue weighted by Crippen LogP contribution is -2.33. The number of rotatable bonds is 4. The third-order valence-corrected chi connectivity index (χ3v) is 4.66. The number of nitrogens with zero attached hydrogens (tertiary/aromatic N) is 1. The minimum atomic E-state index is -0.612. The largest absolute Gasteiger partial charge is 0.472 e. The van der Waals surface area contributed by atoms with Crippen LogP contribution in [0.5, 0.6) is 5.88 Å². The Balaban J connectivity index is 1.42. The van der Waals surface area contributed by atoms with Crippen molar-refractivity contribution in [3.05, 3.63) is 59.3 Å². The molecular formula is C19H20N2O4. The summed E-state index contributed by atoms with van der Waals surface area (Å²) in [5.41, 5.74) is 2.48. The molecule has 0 saturated carbocycles. The third-order valence-electron chi connectivity index (χ3n) is 4.66. The topological polar surface area (TPSA) is 80.7 Å². The first kappa shape index (κ1) is 16.1. The molecule has 2 aromatic rings. The molecule has 1 aliphatic carbocycles. The first-order chi connectivity index (χ1) is 12.2. The number of benzene rings is 1. The molecule has 3 atom stereocenters. The quantitative estimate of drug-likeness (QED) is 0.884. The first-order valence-electron chi connectivity index (χ1n) is 8.48. The van der Waals surface area contributed by atoms with Crippen molar-refractivity contribution in [1.82, 2.24) is 10.3 Å². The molecule has 2 N–H and O–H groups in total. The van der Waals surface area contributed by atoms with E-state index in [1.165, 1.54) is 6.20 Å². The lowest BCUT2D eigenvalue weighted by Gasteiger charge is -2.18. The molecule has 130 valence electrons. The van der Waals surface area contributed by atoms with Crippen molar-refractivity contribution in [3.8, 4) is 5.88 Å². The van der Waals surface area contributed by atoms with E-state index >= 15 is 0 Å².